The molecule has 11 aromatic rings. The van der Waals surface area contributed by atoms with Crippen LogP contribution in [0.1, 0.15) is 0 Å². The van der Waals surface area contributed by atoms with Gasteiger partial charge in [0, 0.05) is 64.0 Å². The molecule has 0 spiro atoms. The zero-order chi connectivity index (χ0) is 33.5. The van der Waals surface area contributed by atoms with Gasteiger partial charge in [-0.05, 0) is 66.2 Å². The van der Waals surface area contributed by atoms with E-state index in [0.29, 0.717) is 17.5 Å². The minimum atomic E-state index is 0.610. The zero-order valence-electron chi connectivity index (χ0n) is 27.0. The fourth-order valence-electron chi connectivity index (χ4n) is 7.27. The van der Waals surface area contributed by atoms with Gasteiger partial charge in [0.15, 0.2) is 17.5 Å². The van der Waals surface area contributed by atoms with Crippen LogP contribution in [0.3, 0.4) is 0 Å². The Kier molecular flexibility index (Phi) is 6.05. The summed E-state index contributed by atoms with van der Waals surface area (Å²) in [6.45, 7) is 0. The first kappa shape index (κ1) is 28.2. The van der Waals surface area contributed by atoms with Crippen molar-refractivity contribution >= 4 is 75.4 Å². The van der Waals surface area contributed by atoms with Gasteiger partial charge in [0.1, 0.15) is 22.3 Å². The van der Waals surface area contributed by atoms with E-state index < -0.39 is 0 Å². The van der Waals surface area contributed by atoms with Crippen LogP contribution in [0.5, 0.6) is 0 Å². The number of hydrogen-bond donors (Lipinski definition) is 0. The molecule has 11 rings (SSSR count). The Labute approximate surface area is 295 Å². The summed E-state index contributed by atoms with van der Waals surface area (Å²) >= 11 is 1.80. The predicted molar refractivity (Wildman–Crippen MR) is 209 cm³/mol. The van der Waals surface area contributed by atoms with Crippen molar-refractivity contribution in [1.82, 2.24) is 15.0 Å². The lowest BCUT2D eigenvalue weighted by atomic mass is 10.0. The van der Waals surface area contributed by atoms with Crippen molar-refractivity contribution in [2.75, 3.05) is 0 Å². The second-order valence-electron chi connectivity index (χ2n) is 12.8. The zero-order valence-corrected chi connectivity index (χ0v) is 27.8. The Hall–Kier alpha value is -6.63. The molecule has 0 amide bonds. The maximum atomic E-state index is 6.45. The highest BCUT2D eigenvalue weighted by Gasteiger charge is 2.17. The smallest absolute Gasteiger partial charge is 0.164 e. The Balaban J connectivity index is 1.05. The fraction of sp³-hybridized carbons (Fsp3) is 0. The van der Waals surface area contributed by atoms with Crippen molar-refractivity contribution in [2.24, 2.45) is 0 Å². The summed E-state index contributed by atoms with van der Waals surface area (Å²) in [5.41, 5.74) is 8.23. The second kappa shape index (κ2) is 10.9. The van der Waals surface area contributed by atoms with Gasteiger partial charge in [-0.15, -0.1) is 11.3 Å². The average Bonchev–Trinajstić information content (AvgIpc) is 3.88. The largest absolute Gasteiger partial charge is 0.456 e. The first-order chi connectivity index (χ1) is 25.2. The van der Waals surface area contributed by atoms with Crippen LogP contribution in [0, 0.1) is 0 Å². The lowest BCUT2D eigenvalue weighted by Gasteiger charge is -2.09. The highest BCUT2D eigenvalue weighted by atomic mass is 32.1. The van der Waals surface area contributed by atoms with Gasteiger partial charge in [0.25, 0.3) is 0 Å². The molecule has 5 nitrogen and oxygen atoms in total. The monoisotopic (exact) mass is 671 g/mol. The normalized spacial score (nSPS) is 11.9. The summed E-state index contributed by atoms with van der Waals surface area (Å²) in [6, 6.07) is 52.2. The number of aromatic nitrogens is 3. The number of hydrogen-bond acceptors (Lipinski definition) is 6. The number of rotatable bonds is 4. The van der Waals surface area contributed by atoms with Gasteiger partial charge >= 0.3 is 0 Å². The van der Waals surface area contributed by atoms with Crippen LogP contribution in [-0.4, -0.2) is 15.0 Å². The molecule has 0 fully saturated rings. The molecule has 0 aliphatic rings. The number of benzene rings is 7. The molecular formula is C45H25N3O2S. The van der Waals surface area contributed by atoms with E-state index in [1.54, 1.807) is 11.3 Å². The predicted octanol–water partition coefficient (Wildman–Crippen LogP) is 12.7. The van der Waals surface area contributed by atoms with E-state index in [4.69, 9.17) is 23.8 Å². The first-order valence-corrected chi connectivity index (χ1v) is 17.7. The van der Waals surface area contributed by atoms with E-state index >= 15 is 0 Å². The highest BCUT2D eigenvalue weighted by Crippen LogP contribution is 2.40. The van der Waals surface area contributed by atoms with Gasteiger partial charge in [-0.25, -0.2) is 15.0 Å². The van der Waals surface area contributed by atoms with Gasteiger partial charge in [-0.2, -0.15) is 0 Å². The van der Waals surface area contributed by atoms with Crippen molar-refractivity contribution in [3.05, 3.63) is 152 Å². The Bertz CT molecular complexity index is 3160. The van der Waals surface area contributed by atoms with Gasteiger partial charge in [0.2, 0.25) is 0 Å². The standard InChI is InChI=1S/C45H25N3O2S/c1-2-9-26(10-3-1)43-46-44(48-45(47-43)29-19-22-41-36(24-29)33-12-5-7-16-40(33)51-41)28-18-21-38-35(23-28)32-20-17-27(25-39(32)49-38)30-13-8-14-34-31-11-4-6-15-37(31)50-42(30)34/h1-25H. The quantitative estimate of drug-likeness (QED) is 0.186. The van der Waals surface area contributed by atoms with Gasteiger partial charge in [-0.3, -0.25) is 0 Å². The Morgan fingerprint density at radius 3 is 1.84 bits per heavy atom. The molecule has 238 valence electrons. The summed E-state index contributed by atoms with van der Waals surface area (Å²) in [4.78, 5) is 15.1. The molecule has 0 saturated carbocycles. The minimum Gasteiger partial charge on any atom is -0.456 e. The summed E-state index contributed by atoms with van der Waals surface area (Å²) < 4.78 is 15.3. The van der Waals surface area contributed by atoms with Crippen molar-refractivity contribution in [2.45, 2.75) is 0 Å². The van der Waals surface area contributed by atoms with Crippen molar-refractivity contribution in [3.63, 3.8) is 0 Å². The molecule has 7 aromatic carbocycles. The van der Waals surface area contributed by atoms with E-state index in [1.807, 2.05) is 60.7 Å². The van der Waals surface area contributed by atoms with Gasteiger partial charge in [0.05, 0.1) is 0 Å². The van der Waals surface area contributed by atoms with Crippen molar-refractivity contribution in [1.29, 1.82) is 0 Å². The van der Waals surface area contributed by atoms with E-state index in [0.717, 1.165) is 71.7 Å². The number of fused-ring (bicyclic) bond motifs is 9. The highest BCUT2D eigenvalue weighted by molar-refractivity contribution is 7.25. The minimum absolute atomic E-state index is 0.610. The molecule has 51 heavy (non-hydrogen) atoms. The topological polar surface area (TPSA) is 65.0 Å². The van der Waals surface area contributed by atoms with Gasteiger partial charge < -0.3 is 8.83 Å². The van der Waals surface area contributed by atoms with E-state index in [2.05, 4.69) is 91.0 Å². The average molecular weight is 672 g/mol. The molecule has 0 radical (unpaired) electrons. The van der Waals surface area contributed by atoms with Crippen LogP contribution in [-0.2, 0) is 0 Å². The molecule has 0 N–H and O–H groups in total. The van der Waals surface area contributed by atoms with E-state index in [9.17, 15) is 0 Å². The summed E-state index contributed by atoms with van der Waals surface area (Å²) in [5, 5.41) is 6.70. The first-order valence-electron chi connectivity index (χ1n) is 16.8. The van der Waals surface area contributed by atoms with Crippen LogP contribution in [0.2, 0.25) is 0 Å². The van der Waals surface area contributed by atoms with Crippen LogP contribution in [0.25, 0.3) is 109 Å². The molecule has 0 aliphatic heterocycles. The molecule has 0 aliphatic carbocycles. The summed E-state index contributed by atoms with van der Waals surface area (Å²) in [6.07, 6.45) is 0. The lowest BCUT2D eigenvalue weighted by Crippen LogP contribution is -2.00. The Morgan fingerprint density at radius 1 is 0.353 bits per heavy atom. The number of furan rings is 2. The number of para-hydroxylation sites is 2. The summed E-state index contributed by atoms with van der Waals surface area (Å²) in [5.74, 6) is 1.88. The molecular weight excluding hydrogens is 647 g/mol. The summed E-state index contributed by atoms with van der Waals surface area (Å²) in [7, 11) is 0. The van der Waals surface area contributed by atoms with Crippen LogP contribution in [0.15, 0.2) is 160 Å². The van der Waals surface area contributed by atoms with Crippen LogP contribution < -0.4 is 0 Å². The maximum absolute atomic E-state index is 6.45. The molecule has 4 aromatic heterocycles. The number of thiophene rings is 1. The van der Waals surface area contributed by atoms with E-state index in [-0.39, 0.29) is 0 Å². The molecule has 0 bridgehead atoms. The van der Waals surface area contributed by atoms with Crippen LogP contribution >= 0.6 is 11.3 Å². The van der Waals surface area contributed by atoms with Crippen molar-refractivity contribution < 1.29 is 8.83 Å². The van der Waals surface area contributed by atoms with Crippen molar-refractivity contribution in [3.8, 4) is 45.3 Å². The Morgan fingerprint density at radius 2 is 0.980 bits per heavy atom. The molecule has 0 unspecified atom stereocenters. The third kappa shape index (κ3) is 4.50. The fourth-order valence-corrected chi connectivity index (χ4v) is 8.36. The number of nitrogens with zero attached hydrogens (tertiary/aromatic N) is 3. The van der Waals surface area contributed by atoms with E-state index in [1.165, 1.54) is 20.2 Å². The third-order valence-electron chi connectivity index (χ3n) is 9.75. The maximum Gasteiger partial charge on any atom is 0.164 e. The molecule has 4 heterocycles. The molecule has 0 saturated heterocycles. The second-order valence-corrected chi connectivity index (χ2v) is 13.9. The SMILES string of the molecule is c1ccc(-c2nc(-c3ccc4oc5cc(-c6cccc7c6oc6ccccc67)ccc5c4c3)nc(-c3ccc4sc5ccccc5c4c3)n2)cc1. The third-order valence-corrected chi connectivity index (χ3v) is 10.9. The van der Waals surface area contributed by atoms with Crippen LogP contribution in [0.4, 0.5) is 0 Å². The lowest BCUT2D eigenvalue weighted by molar-refractivity contribution is 0.668. The molecule has 6 heteroatoms. The van der Waals surface area contributed by atoms with Gasteiger partial charge in [-0.1, -0.05) is 91.0 Å². The molecule has 0 atom stereocenters.